The Bertz CT molecular complexity index is 1110. The van der Waals surface area contributed by atoms with Gasteiger partial charge in [-0.2, -0.15) is 0 Å². The molecular weight excluding hydrogens is 450 g/mol. The van der Waals surface area contributed by atoms with Gasteiger partial charge in [0, 0.05) is 26.9 Å². The standard InChI is InChI=1S/C26H29N3O2S2/c1-17-23(19-10-5-3-6-11-19)28-26(33-17)29-24(30)18(2)32-22-15-9-14-21(16-22)27-25(31)20-12-7-4-8-13-20/h3,5-6,9-11,14-16,18,20H,4,7-8,12-13H2,1-2H3,(H,27,31)(H,28,29,30). The Labute approximate surface area is 203 Å². The summed E-state index contributed by atoms with van der Waals surface area (Å²) in [6.07, 6.45) is 5.43. The molecule has 2 aromatic carbocycles. The molecule has 0 saturated heterocycles. The van der Waals surface area contributed by atoms with Crippen molar-refractivity contribution in [2.75, 3.05) is 10.6 Å². The minimum absolute atomic E-state index is 0.0926. The van der Waals surface area contributed by atoms with E-state index in [0.29, 0.717) is 5.13 Å². The van der Waals surface area contributed by atoms with Crippen molar-refractivity contribution in [3.8, 4) is 11.3 Å². The van der Waals surface area contributed by atoms with Crippen molar-refractivity contribution in [1.82, 2.24) is 4.98 Å². The molecule has 1 aromatic heterocycles. The van der Waals surface area contributed by atoms with Crippen LogP contribution in [-0.2, 0) is 9.59 Å². The van der Waals surface area contributed by atoms with Crippen LogP contribution in [0, 0.1) is 12.8 Å². The second-order valence-electron chi connectivity index (χ2n) is 8.39. The average molecular weight is 480 g/mol. The van der Waals surface area contributed by atoms with E-state index in [4.69, 9.17) is 0 Å². The maximum absolute atomic E-state index is 12.8. The summed E-state index contributed by atoms with van der Waals surface area (Å²) in [5.41, 5.74) is 2.73. The molecule has 4 rings (SSSR count). The van der Waals surface area contributed by atoms with Crippen LogP contribution in [0.1, 0.15) is 43.9 Å². The first kappa shape index (κ1) is 23.5. The topological polar surface area (TPSA) is 71.1 Å². The van der Waals surface area contributed by atoms with Crippen LogP contribution in [0.25, 0.3) is 11.3 Å². The Morgan fingerprint density at radius 3 is 2.55 bits per heavy atom. The van der Waals surface area contributed by atoms with Crippen molar-refractivity contribution in [1.29, 1.82) is 0 Å². The third-order valence-corrected chi connectivity index (χ3v) is 7.81. The van der Waals surface area contributed by atoms with Crippen LogP contribution in [0.15, 0.2) is 59.5 Å². The van der Waals surface area contributed by atoms with E-state index in [0.717, 1.165) is 52.4 Å². The Morgan fingerprint density at radius 1 is 1.03 bits per heavy atom. The van der Waals surface area contributed by atoms with Gasteiger partial charge in [0.2, 0.25) is 11.8 Å². The predicted octanol–water partition coefficient (Wildman–Crippen LogP) is 6.76. The number of amides is 2. The summed E-state index contributed by atoms with van der Waals surface area (Å²) in [6, 6.07) is 17.7. The highest BCUT2D eigenvalue weighted by molar-refractivity contribution is 8.00. The molecular formula is C26H29N3O2S2. The molecule has 0 radical (unpaired) electrons. The minimum atomic E-state index is -0.307. The molecule has 172 valence electrons. The van der Waals surface area contributed by atoms with E-state index in [-0.39, 0.29) is 23.0 Å². The highest BCUT2D eigenvalue weighted by Crippen LogP contribution is 2.32. The van der Waals surface area contributed by atoms with Crippen molar-refractivity contribution in [2.45, 2.75) is 56.1 Å². The second-order valence-corrected chi connectivity index (χ2v) is 11.0. The van der Waals surface area contributed by atoms with Gasteiger partial charge in [0.15, 0.2) is 5.13 Å². The monoisotopic (exact) mass is 479 g/mol. The maximum atomic E-state index is 12.8. The Kier molecular flexibility index (Phi) is 7.83. The van der Waals surface area contributed by atoms with Gasteiger partial charge in [-0.1, -0.05) is 55.7 Å². The summed E-state index contributed by atoms with van der Waals surface area (Å²) in [5, 5.41) is 6.32. The molecule has 0 aliphatic heterocycles. The number of thioether (sulfide) groups is 1. The van der Waals surface area contributed by atoms with Gasteiger partial charge in [0.1, 0.15) is 0 Å². The average Bonchev–Trinajstić information content (AvgIpc) is 3.20. The Hall–Kier alpha value is -2.64. The molecule has 33 heavy (non-hydrogen) atoms. The molecule has 1 atom stereocenters. The first-order valence-electron chi connectivity index (χ1n) is 11.4. The molecule has 1 heterocycles. The summed E-state index contributed by atoms with van der Waals surface area (Å²) in [5.74, 6) is 0.128. The van der Waals surface area contributed by atoms with Crippen molar-refractivity contribution < 1.29 is 9.59 Å². The molecule has 1 aliphatic carbocycles. The van der Waals surface area contributed by atoms with Crippen molar-refractivity contribution in [3.05, 3.63) is 59.5 Å². The smallest absolute Gasteiger partial charge is 0.239 e. The molecule has 7 heteroatoms. The first-order chi connectivity index (χ1) is 16.0. The summed E-state index contributed by atoms with van der Waals surface area (Å²) >= 11 is 2.95. The van der Waals surface area contributed by atoms with E-state index < -0.39 is 0 Å². The number of aromatic nitrogens is 1. The number of thiazole rings is 1. The number of carbonyl (C=O) groups is 2. The number of carbonyl (C=O) groups excluding carboxylic acids is 2. The molecule has 0 bridgehead atoms. The largest absolute Gasteiger partial charge is 0.326 e. The van der Waals surface area contributed by atoms with E-state index in [1.54, 1.807) is 0 Å². The molecule has 3 aromatic rings. The normalized spacial score (nSPS) is 15.1. The number of hydrogen-bond acceptors (Lipinski definition) is 5. The van der Waals surface area contributed by atoms with Crippen LogP contribution in [0.4, 0.5) is 10.8 Å². The van der Waals surface area contributed by atoms with Crippen molar-refractivity contribution in [2.24, 2.45) is 5.92 Å². The number of nitrogens with zero attached hydrogens (tertiary/aromatic N) is 1. The number of anilines is 2. The number of aryl methyl sites for hydroxylation is 1. The zero-order valence-corrected chi connectivity index (χ0v) is 20.6. The number of benzene rings is 2. The van der Waals surface area contributed by atoms with E-state index in [1.165, 1.54) is 29.5 Å². The molecule has 1 unspecified atom stereocenters. The third-order valence-electron chi connectivity index (χ3n) is 5.83. The van der Waals surface area contributed by atoms with Gasteiger partial charge in [-0.3, -0.25) is 9.59 Å². The number of nitrogens with one attached hydrogen (secondary N) is 2. The van der Waals surface area contributed by atoms with Crippen LogP contribution in [-0.4, -0.2) is 22.0 Å². The fraction of sp³-hybridized carbons (Fsp3) is 0.346. The molecule has 5 nitrogen and oxygen atoms in total. The van der Waals surface area contributed by atoms with Gasteiger partial charge < -0.3 is 10.6 Å². The highest BCUT2D eigenvalue weighted by Gasteiger charge is 2.22. The van der Waals surface area contributed by atoms with E-state index >= 15 is 0 Å². The van der Waals surface area contributed by atoms with Gasteiger partial charge in [0.25, 0.3) is 0 Å². The molecule has 0 spiro atoms. The predicted molar refractivity (Wildman–Crippen MR) is 138 cm³/mol. The summed E-state index contributed by atoms with van der Waals surface area (Å²) < 4.78 is 0. The van der Waals surface area contributed by atoms with Gasteiger partial charge in [-0.15, -0.1) is 23.1 Å². The molecule has 1 fully saturated rings. The number of hydrogen-bond donors (Lipinski definition) is 2. The lowest BCUT2D eigenvalue weighted by molar-refractivity contribution is -0.120. The first-order valence-corrected chi connectivity index (χ1v) is 13.1. The molecule has 1 aliphatic rings. The SMILES string of the molecule is Cc1sc(NC(=O)C(C)Sc2cccc(NC(=O)C3CCCCC3)c2)nc1-c1ccccc1. The third kappa shape index (κ3) is 6.24. The van der Waals surface area contributed by atoms with Crippen LogP contribution in [0.3, 0.4) is 0 Å². The van der Waals surface area contributed by atoms with E-state index in [1.807, 2.05) is 68.4 Å². The molecule has 1 saturated carbocycles. The lowest BCUT2D eigenvalue weighted by Crippen LogP contribution is -2.24. The lowest BCUT2D eigenvalue weighted by Gasteiger charge is -2.21. The molecule has 2 N–H and O–H groups in total. The Morgan fingerprint density at radius 2 is 1.79 bits per heavy atom. The van der Waals surface area contributed by atoms with Gasteiger partial charge >= 0.3 is 0 Å². The number of rotatable bonds is 7. The van der Waals surface area contributed by atoms with E-state index in [9.17, 15) is 9.59 Å². The van der Waals surface area contributed by atoms with Gasteiger partial charge in [-0.05, 0) is 44.9 Å². The van der Waals surface area contributed by atoms with Gasteiger partial charge in [-0.25, -0.2) is 4.98 Å². The fourth-order valence-electron chi connectivity index (χ4n) is 4.03. The van der Waals surface area contributed by atoms with Crippen LogP contribution in [0.2, 0.25) is 0 Å². The van der Waals surface area contributed by atoms with Crippen molar-refractivity contribution >= 4 is 45.7 Å². The van der Waals surface area contributed by atoms with Crippen LogP contribution in [0.5, 0.6) is 0 Å². The van der Waals surface area contributed by atoms with Crippen LogP contribution >= 0.6 is 23.1 Å². The Balaban J connectivity index is 1.35. The second kappa shape index (κ2) is 11.0. The molecule has 2 amide bonds. The minimum Gasteiger partial charge on any atom is -0.326 e. The summed E-state index contributed by atoms with van der Waals surface area (Å²) in [6.45, 7) is 3.90. The van der Waals surface area contributed by atoms with Gasteiger partial charge in [0.05, 0.1) is 10.9 Å². The van der Waals surface area contributed by atoms with Crippen LogP contribution < -0.4 is 10.6 Å². The zero-order valence-electron chi connectivity index (χ0n) is 19.0. The van der Waals surface area contributed by atoms with Crippen molar-refractivity contribution in [3.63, 3.8) is 0 Å². The highest BCUT2D eigenvalue weighted by atomic mass is 32.2. The summed E-state index contributed by atoms with van der Waals surface area (Å²) in [4.78, 5) is 32.0. The summed E-state index contributed by atoms with van der Waals surface area (Å²) in [7, 11) is 0. The lowest BCUT2D eigenvalue weighted by atomic mass is 9.88. The fourth-order valence-corrected chi connectivity index (χ4v) is 5.80. The quantitative estimate of drug-likeness (QED) is 0.367. The zero-order chi connectivity index (χ0) is 23.2. The maximum Gasteiger partial charge on any atom is 0.239 e. The van der Waals surface area contributed by atoms with E-state index in [2.05, 4.69) is 15.6 Å².